The monoisotopic (exact) mass is 641 g/mol. The van der Waals surface area contributed by atoms with Crippen molar-refractivity contribution >= 4 is 70.9 Å². The van der Waals surface area contributed by atoms with Gasteiger partial charge in [-0.1, -0.05) is 72.8 Å². The Balaban J connectivity index is 1.17. The standard InChI is InChI=1S/C44H27N5O/c1-2-10-28(11-3-1)48-39-15-7-5-13-33(39)35-21-22-36-34-20-18-30(27-40(34)49(43(36)42(35)48)41-16-8-9-23-45-41)50-29-17-19-31-32-12-4-6-14-38(32)47-25-24-46-44(47)37(31)26-29/h1-27H. The van der Waals surface area contributed by atoms with Crippen molar-refractivity contribution in [2.75, 3.05) is 0 Å². The summed E-state index contributed by atoms with van der Waals surface area (Å²) in [5.41, 5.74) is 7.60. The highest BCUT2D eigenvalue weighted by molar-refractivity contribution is 6.24. The number of para-hydroxylation sites is 3. The van der Waals surface area contributed by atoms with E-state index in [0.29, 0.717) is 0 Å². The van der Waals surface area contributed by atoms with Crippen LogP contribution < -0.4 is 4.74 Å². The lowest BCUT2D eigenvalue weighted by Crippen LogP contribution is -2.00. The largest absolute Gasteiger partial charge is 0.457 e. The van der Waals surface area contributed by atoms with Crippen LogP contribution in [0.3, 0.4) is 0 Å². The lowest BCUT2D eigenvalue weighted by Gasteiger charge is -2.12. The van der Waals surface area contributed by atoms with Crippen LogP contribution in [-0.2, 0) is 0 Å². The molecule has 6 nitrogen and oxygen atoms in total. The molecule has 0 bridgehead atoms. The van der Waals surface area contributed by atoms with Crippen LogP contribution in [0.2, 0.25) is 0 Å². The highest BCUT2D eigenvalue weighted by Gasteiger charge is 2.22. The van der Waals surface area contributed by atoms with E-state index in [1.807, 2.05) is 30.7 Å². The van der Waals surface area contributed by atoms with Gasteiger partial charge in [0.15, 0.2) is 0 Å². The molecule has 0 atom stereocenters. The van der Waals surface area contributed by atoms with E-state index in [1.54, 1.807) is 0 Å². The minimum absolute atomic E-state index is 0.747. The van der Waals surface area contributed by atoms with Gasteiger partial charge in [0, 0.05) is 62.7 Å². The Labute approximate surface area is 285 Å². The molecule has 5 aromatic heterocycles. The van der Waals surface area contributed by atoms with E-state index in [1.165, 1.54) is 21.7 Å². The van der Waals surface area contributed by atoms with Gasteiger partial charge in [0.1, 0.15) is 23.0 Å². The smallest absolute Gasteiger partial charge is 0.145 e. The molecule has 0 N–H and O–H groups in total. The first-order chi connectivity index (χ1) is 24.8. The van der Waals surface area contributed by atoms with Crippen LogP contribution in [0.25, 0.3) is 82.4 Å². The van der Waals surface area contributed by atoms with Gasteiger partial charge in [0.05, 0.1) is 27.6 Å². The summed E-state index contributed by atoms with van der Waals surface area (Å²) < 4.78 is 13.5. The maximum absolute atomic E-state index is 6.67. The van der Waals surface area contributed by atoms with Crippen molar-refractivity contribution in [2.45, 2.75) is 0 Å². The van der Waals surface area contributed by atoms with Crippen LogP contribution in [0.4, 0.5) is 0 Å². The van der Waals surface area contributed by atoms with E-state index in [9.17, 15) is 0 Å². The van der Waals surface area contributed by atoms with Crippen molar-refractivity contribution < 1.29 is 4.74 Å². The van der Waals surface area contributed by atoms with Crippen LogP contribution >= 0.6 is 0 Å². The number of fused-ring (bicyclic) bond motifs is 13. The van der Waals surface area contributed by atoms with Gasteiger partial charge in [0.2, 0.25) is 0 Å². The summed E-state index contributed by atoms with van der Waals surface area (Å²) >= 11 is 0. The van der Waals surface area contributed by atoms with Crippen LogP contribution in [0.1, 0.15) is 0 Å². The molecule has 0 fully saturated rings. The van der Waals surface area contributed by atoms with E-state index < -0.39 is 0 Å². The van der Waals surface area contributed by atoms with E-state index in [-0.39, 0.29) is 0 Å². The van der Waals surface area contributed by atoms with E-state index >= 15 is 0 Å². The lowest BCUT2D eigenvalue weighted by molar-refractivity contribution is 0.484. The predicted molar refractivity (Wildman–Crippen MR) is 203 cm³/mol. The second-order valence-corrected chi connectivity index (χ2v) is 12.7. The summed E-state index contributed by atoms with van der Waals surface area (Å²) in [5.74, 6) is 2.35. The molecule has 11 rings (SSSR count). The quantitative estimate of drug-likeness (QED) is 0.180. The third-order valence-corrected chi connectivity index (χ3v) is 9.99. The second-order valence-electron chi connectivity index (χ2n) is 12.7. The lowest BCUT2D eigenvalue weighted by atomic mass is 10.1. The molecule has 0 aliphatic rings. The van der Waals surface area contributed by atoms with Gasteiger partial charge in [-0.05, 0) is 72.1 Å². The first kappa shape index (κ1) is 27.1. The van der Waals surface area contributed by atoms with Crippen molar-refractivity contribution in [3.63, 3.8) is 0 Å². The Morgan fingerprint density at radius 2 is 1.06 bits per heavy atom. The third-order valence-electron chi connectivity index (χ3n) is 9.99. The molecule has 0 saturated carbocycles. The minimum Gasteiger partial charge on any atom is -0.457 e. The Morgan fingerprint density at radius 1 is 0.420 bits per heavy atom. The van der Waals surface area contributed by atoms with Crippen molar-refractivity contribution in [3.8, 4) is 23.0 Å². The van der Waals surface area contributed by atoms with Crippen LogP contribution in [0.15, 0.2) is 164 Å². The van der Waals surface area contributed by atoms with Crippen molar-refractivity contribution in [1.29, 1.82) is 0 Å². The fourth-order valence-corrected chi connectivity index (χ4v) is 7.91. The summed E-state index contributed by atoms with van der Waals surface area (Å²) in [6, 6.07) is 51.0. The molecule has 50 heavy (non-hydrogen) atoms. The first-order valence-corrected chi connectivity index (χ1v) is 16.7. The normalized spacial score (nSPS) is 12.0. The van der Waals surface area contributed by atoms with E-state index in [4.69, 9.17) is 14.7 Å². The molecule has 6 aromatic carbocycles. The first-order valence-electron chi connectivity index (χ1n) is 16.7. The fraction of sp³-hybridized carbons (Fsp3) is 0. The Bertz CT molecular complexity index is 3120. The molecule has 0 spiro atoms. The molecule has 5 heterocycles. The van der Waals surface area contributed by atoms with E-state index in [0.717, 1.165) is 72.3 Å². The summed E-state index contributed by atoms with van der Waals surface area (Å²) in [6.45, 7) is 0. The second kappa shape index (κ2) is 10.3. The number of aromatic nitrogens is 5. The van der Waals surface area contributed by atoms with Crippen molar-refractivity contribution in [3.05, 3.63) is 164 Å². The Morgan fingerprint density at radius 3 is 1.86 bits per heavy atom. The molecule has 6 heteroatoms. The highest BCUT2D eigenvalue weighted by Crippen LogP contribution is 2.42. The molecular formula is C44H27N5O. The predicted octanol–water partition coefficient (Wildman–Crippen LogP) is 11.0. The van der Waals surface area contributed by atoms with Gasteiger partial charge >= 0.3 is 0 Å². The molecule has 0 saturated heterocycles. The Hall–Kier alpha value is -6.92. The van der Waals surface area contributed by atoms with Crippen molar-refractivity contribution in [1.82, 2.24) is 23.5 Å². The van der Waals surface area contributed by atoms with Gasteiger partial charge in [0.25, 0.3) is 0 Å². The maximum atomic E-state index is 6.67. The summed E-state index contributed by atoms with van der Waals surface area (Å²) in [5, 5.41) is 8.08. The molecule has 0 aliphatic heterocycles. The average Bonchev–Trinajstić information content (AvgIpc) is 3.89. The molecular weight excluding hydrogens is 615 g/mol. The van der Waals surface area contributed by atoms with Crippen LogP contribution in [0, 0.1) is 0 Å². The molecule has 11 aromatic rings. The van der Waals surface area contributed by atoms with Crippen LogP contribution in [-0.4, -0.2) is 23.5 Å². The van der Waals surface area contributed by atoms with Gasteiger partial charge in [-0.3, -0.25) is 8.97 Å². The molecule has 0 aliphatic carbocycles. The summed E-state index contributed by atoms with van der Waals surface area (Å²) in [4.78, 5) is 9.60. The third kappa shape index (κ3) is 3.78. The van der Waals surface area contributed by atoms with Gasteiger partial charge in [-0.15, -0.1) is 0 Å². The molecule has 0 radical (unpaired) electrons. The van der Waals surface area contributed by atoms with E-state index in [2.05, 4.69) is 147 Å². The van der Waals surface area contributed by atoms with Gasteiger partial charge in [-0.25, -0.2) is 9.97 Å². The zero-order chi connectivity index (χ0) is 32.8. The summed E-state index contributed by atoms with van der Waals surface area (Å²) in [7, 11) is 0. The van der Waals surface area contributed by atoms with Crippen molar-refractivity contribution in [2.24, 2.45) is 0 Å². The zero-order valence-electron chi connectivity index (χ0n) is 26.7. The van der Waals surface area contributed by atoms with Gasteiger partial charge < -0.3 is 9.30 Å². The Kier molecular flexibility index (Phi) is 5.57. The number of benzene rings is 6. The maximum Gasteiger partial charge on any atom is 0.145 e. The number of rotatable bonds is 4. The molecule has 234 valence electrons. The number of hydrogen-bond acceptors (Lipinski definition) is 3. The average molecular weight is 642 g/mol. The number of nitrogens with zero attached hydrogens (tertiary/aromatic N) is 5. The molecule has 0 amide bonds. The SMILES string of the molecule is c1ccc(-n2c3ccccc3c3ccc4c5ccc(Oc6ccc7c8ccccc8n8ccnc8c7c6)cc5n(-c5ccccn5)c4c32)cc1. The minimum atomic E-state index is 0.747. The van der Waals surface area contributed by atoms with Gasteiger partial charge in [-0.2, -0.15) is 0 Å². The topological polar surface area (TPSA) is 49.3 Å². The number of ether oxygens (including phenoxy) is 1. The number of imidazole rings is 1. The summed E-state index contributed by atoms with van der Waals surface area (Å²) in [6.07, 6.45) is 5.73. The highest BCUT2D eigenvalue weighted by atomic mass is 16.5. The fourth-order valence-electron chi connectivity index (χ4n) is 7.91. The zero-order valence-corrected chi connectivity index (χ0v) is 26.7. The van der Waals surface area contributed by atoms with Crippen LogP contribution in [0.5, 0.6) is 11.5 Å². The molecule has 0 unspecified atom stereocenters. The number of pyridine rings is 2. The number of hydrogen-bond donors (Lipinski definition) is 0.